The van der Waals surface area contributed by atoms with Crippen molar-refractivity contribution in [3.05, 3.63) is 79.9 Å². The molecule has 0 atom stereocenters. The van der Waals surface area contributed by atoms with Crippen molar-refractivity contribution in [2.24, 2.45) is 0 Å². The average molecular weight is 451 g/mol. The van der Waals surface area contributed by atoms with Crippen molar-refractivity contribution in [1.29, 1.82) is 0 Å². The van der Waals surface area contributed by atoms with E-state index in [-0.39, 0.29) is 11.3 Å². The summed E-state index contributed by atoms with van der Waals surface area (Å²) >= 11 is 7.78. The molecule has 2 aromatic heterocycles. The first-order valence-electron chi connectivity index (χ1n) is 10.7. The molecule has 0 fully saturated rings. The average Bonchev–Trinajstić information content (AvgIpc) is 2.96. The number of rotatable bonds is 4. The minimum atomic E-state index is 0.0492. The quantitative estimate of drug-likeness (QED) is 0.388. The molecule has 158 valence electrons. The Kier molecular flexibility index (Phi) is 5.55. The number of hydrogen-bond donors (Lipinski definition) is 1. The predicted molar refractivity (Wildman–Crippen MR) is 127 cm³/mol. The van der Waals surface area contributed by atoms with Crippen LogP contribution in [-0.4, -0.2) is 14.7 Å². The van der Waals surface area contributed by atoms with Gasteiger partial charge in [-0.3, -0.25) is 9.36 Å². The number of thiophene rings is 1. The molecule has 1 N–H and O–H groups in total. The molecule has 0 unspecified atom stereocenters. The van der Waals surface area contributed by atoms with E-state index in [4.69, 9.17) is 16.6 Å². The van der Waals surface area contributed by atoms with Gasteiger partial charge in [0, 0.05) is 22.0 Å². The first-order chi connectivity index (χ1) is 15.1. The first-order valence-corrected chi connectivity index (χ1v) is 11.9. The second kappa shape index (κ2) is 8.48. The van der Waals surface area contributed by atoms with Crippen LogP contribution in [0.5, 0.6) is 5.75 Å². The minimum Gasteiger partial charge on any atom is -0.508 e. The summed E-state index contributed by atoms with van der Waals surface area (Å²) in [5.41, 5.74) is 3.22. The second-order valence-corrected chi connectivity index (χ2v) is 9.58. The molecular formula is C25H23ClN2O2S. The first kappa shape index (κ1) is 20.3. The van der Waals surface area contributed by atoms with Crippen LogP contribution in [0, 0.1) is 0 Å². The summed E-state index contributed by atoms with van der Waals surface area (Å²) in [5, 5.41) is 11.0. The van der Waals surface area contributed by atoms with Gasteiger partial charge in [0.05, 0.1) is 5.39 Å². The van der Waals surface area contributed by atoms with Gasteiger partial charge in [-0.1, -0.05) is 30.2 Å². The Morgan fingerprint density at radius 1 is 1.00 bits per heavy atom. The third kappa shape index (κ3) is 4.00. The molecule has 1 aliphatic rings. The van der Waals surface area contributed by atoms with Crippen molar-refractivity contribution in [2.75, 3.05) is 0 Å². The predicted octanol–water partition coefficient (Wildman–Crippen LogP) is 6.00. The van der Waals surface area contributed by atoms with E-state index in [1.807, 2.05) is 41.0 Å². The van der Waals surface area contributed by atoms with Crippen LogP contribution in [0.15, 0.2) is 53.3 Å². The van der Waals surface area contributed by atoms with Crippen LogP contribution in [-0.2, 0) is 25.8 Å². The lowest BCUT2D eigenvalue weighted by Gasteiger charge is -2.13. The van der Waals surface area contributed by atoms with Crippen molar-refractivity contribution >= 4 is 33.2 Å². The number of aryl methyl sites for hydroxylation is 3. The van der Waals surface area contributed by atoms with E-state index in [0.717, 1.165) is 40.6 Å². The summed E-state index contributed by atoms with van der Waals surface area (Å²) in [6.07, 6.45) is 6.21. The molecule has 4 nitrogen and oxygen atoms in total. The molecule has 0 spiro atoms. The monoisotopic (exact) mass is 450 g/mol. The lowest BCUT2D eigenvalue weighted by Crippen LogP contribution is -2.24. The molecule has 1 aliphatic carbocycles. The van der Waals surface area contributed by atoms with Crippen LogP contribution < -0.4 is 5.56 Å². The van der Waals surface area contributed by atoms with E-state index in [0.29, 0.717) is 23.8 Å². The molecule has 0 saturated carbocycles. The van der Waals surface area contributed by atoms with E-state index < -0.39 is 0 Å². The summed E-state index contributed by atoms with van der Waals surface area (Å²) < 4.78 is 1.82. The zero-order valence-electron chi connectivity index (χ0n) is 17.1. The molecule has 5 rings (SSSR count). The maximum Gasteiger partial charge on any atom is 0.262 e. The van der Waals surface area contributed by atoms with E-state index >= 15 is 0 Å². The second-order valence-electron chi connectivity index (χ2n) is 8.06. The summed E-state index contributed by atoms with van der Waals surface area (Å²) in [5.74, 6) is 0.927. The van der Waals surface area contributed by atoms with Crippen LogP contribution >= 0.6 is 22.9 Å². The Labute approximate surface area is 189 Å². The fraction of sp³-hybridized carbons (Fsp3) is 0.280. The fourth-order valence-electron chi connectivity index (χ4n) is 4.35. The highest BCUT2D eigenvalue weighted by molar-refractivity contribution is 7.18. The Bertz CT molecular complexity index is 1290. The number of nitrogens with zero attached hydrogens (tertiary/aromatic N) is 2. The van der Waals surface area contributed by atoms with Gasteiger partial charge in [0.2, 0.25) is 0 Å². The Hall–Kier alpha value is -2.63. The van der Waals surface area contributed by atoms with Crippen molar-refractivity contribution < 1.29 is 5.11 Å². The summed E-state index contributed by atoms with van der Waals surface area (Å²) in [7, 11) is 0. The Morgan fingerprint density at radius 3 is 2.52 bits per heavy atom. The van der Waals surface area contributed by atoms with Gasteiger partial charge in [0.25, 0.3) is 5.56 Å². The van der Waals surface area contributed by atoms with Gasteiger partial charge in [0.15, 0.2) is 0 Å². The van der Waals surface area contributed by atoms with Crippen molar-refractivity contribution in [1.82, 2.24) is 9.55 Å². The molecule has 31 heavy (non-hydrogen) atoms. The molecule has 0 radical (unpaired) electrons. The highest BCUT2D eigenvalue weighted by Crippen LogP contribution is 2.34. The van der Waals surface area contributed by atoms with Crippen LogP contribution in [0.4, 0.5) is 0 Å². The number of phenolic OH excluding ortho intramolecular Hbond substituents is 1. The van der Waals surface area contributed by atoms with Gasteiger partial charge >= 0.3 is 0 Å². The fourth-order valence-corrected chi connectivity index (χ4v) is 5.72. The number of benzene rings is 2. The van der Waals surface area contributed by atoms with Gasteiger partial charge < -0.3 is 5.11 Å². The Morgan fingerprint density at radius 2 is 1.74 bits per heavy atom. The van der Waals surface area contributed by atoms with E-state index in [2.05, 4.69) is 0 Å². The van der Waals surface area contributed by atoms with Gasteiger partial charge in [-0.05, 0) is 79.6 Å². The van der Waals surface area contributed by atoms with Crippen LogP contribution in [0.1, 0.15) is 35.3 Å². The highest BCUT2D eigenvalue weighted by Gasteiger charge is 2.22. The Balaban J connectivity index is 1.65. The number of fused-ring (bicyclic) bond motifs is 3. The number of halogens is 1. The minimum absolute atomic E-state index is 0.0492. The van der Waals surface area contributed by atoms with Gasteiger partial charge in [0.1, 0.15) is 16.4 Å². The van der Waals surface area contributed by atoms with Crippen LogP contribution in [0.2, 0.25) is 5.02 Å². The zero-order chi connectivity index (χ0) is 21.4. The molecule has 4 aromatic rings. The third-order valence-electron chi connectivity index (χ3n) is 5.99. The largest absolute Gasteiger partial charge is 0.508 e. The molecule has 6 heteroatoms. The molecule has 0 aliphatic heterocycles. The zero-order valence-corrected chi connectivity index (χ0v) is 18.7. The lowest BCUT2D eigenvalue weighted by atomic mass is 10.1. The number of hydrogen-bond acceptors (Lipinski definition) is 4. The number of aromatic hydroxyl groups is 1. The maximum atomic E-state index is 13.8. The van der Waals surface area contributed by atoms with Gasteiger partial charge in [-0.15, -0.1) is 11.3 Å². The summed E-state index contributed by atoms with van der Waals surface area (Å²) in [6.45, 7) is 0.523. The van der Waals surface area contributed by atoms with E-state index in [1.165, 1.54) is 23.3 Å². The van der Waals surface area contributed by atoms with Gasteiger partial charge in [-0.2, -0.15) is 0 Å². The molecule has 0 saturated heterocycles. The van der Waals surface area contributed by atoms with E-state index in [1.54, 1.807) is 23.5 Å². The normalized spacial score (nSPS) is 13.8. The highest BCUT2D eigenvalue weighted by atomic mass is 35.5. The van der Waals surface area contributed by atoms with Crippen molar-refractivity contribution in [2.45, 2.75) is 45.1 Å². The number of aromatic nitrogens is 2. The van der Waals surface area contributed by atoms with Crippen LogP contribution in [0.3, 0.4) is 0 Å². The topological polar surface area (TPSA) is 55.1 Å². The maximum absolute atomic E-state index is 13.8. The molecule has 2 aromatic carbocycles. The van der Waals surface area contributed by atoms with Gasteiger partial charge in [-0.25, -0.2) is 4.98 Å². The standard InChI is InChI=1S/C25H23ClN2O2S/c26-18-10-8-17(9-11-18)23-27-24-22(20-4-2-1-3-5-21(20)31-24)25(30)28(23)15-14-16-6-12-19(29)13-7-16/h6-13,29H,1-5,14-15H2. The SMILES string of the molecule is O=c1c2c3c(sc2nc(-c2ccc(Cl)cc2)n1CCc1ccc(O)cc1)CCCCC3. The number of phenols is 1. The van der Waals surface area contributed by atoms with Crippen molar-refractivity contribution in [3.63, 3.8) is 0 Å². The van der Waals surface area contributed by atoms with E-state index in [9.17, 15) is 9.90 Å². The lowest BCUT2D eigenvalue weighted by molar-refractivity contribution is 0.475. The smallest absolute Gasteiger partial charge is 0.262 e. The molecular weight excluding hydrogens is 428 g/mol. The molecule has 0 amide bonds. The third-order valence-corrected chi connectivity index (χ3v) is 7.43. The van der Waals surface area contributed by atoms with Crippen LogP contribution in [0.25, 0.3) is 21.6 Å². The summed E-state index contributed by atoms with van der Waals surface area (Å²) in [4.78, 5) is 20.9. The van der Waals surface area contributed by atoms with Crippen molar-refractivity contribution in [3.8, 4) is 17.1 Å². The molecule has 0 bridgehead atoms. The summed E-state index contributed by atoms with van der Waals surface area (Å²) in [6, 6.07) is 14.7. The molecule has 2 heterocycles.